The molecule has 2 aromatic rings. The minimum absolute atomic E-state index is 0.298. The van der Waals surface area contributed by atoms with Crippen LogP contribution in [0.1, 0.15) is 20.8 Å². The number of thiocarbonyl (C=S) groups is 1. The predicted molar refractivity (Wildman–Crippen MR) is 105 cm³/mol. The maximum Gasteiger partial charge on any atom is 0.285 e. The molecule has 1 aliphatic heterocycles. The molecular weight excluding hydrogens is 376 g/mol. The third-order valence-electron chi connectivity index (χ3n) is 3.52. The molecule has 1 aromatic heterocycles. The molecule has 0 saturated carbocycles. The van der Waals surface area contributed by atoms with E-state index < -0.39 is 5.91 Å². The number of ether oxygens (including phenoxy) is 1. The van der Waals surface area contributed by atoms with Crippen LogP contribution in [0.4, 0.5) is 0 Å². The smallest absolute Gasteiger partial charge is 0.285 e. The average Bonchev–Trinajstić information content (AvgIpc) is 3.13. The molecule has 3 rings (SSSR count). The number of methoxy groups -OCH3 is 1. The summed E-state index contributed by atoms with van der Waals surface area (Å²) in [5, 5.41) is 3.08. The Hall–Kier alpha value is -2.16. The summed E-state index contributed by atoms with van der Waals surface area (Å²) in [5.41, 5.74) is 4.07. The first kappa shape index (κ1) is 17.7. The molecule has 1 aromatic carbocycles. The molecule has 1 saturated heterocycles. The van der Waals surface area contributed by atoms with Crippen molar-refractivity contribution in [1.82, 2.24) is 10.4 Å². The molecule has 0 radical (unpaired) electrons. The topological polar surface area (TPSA) is 58.6 Å². The minimum Gasteiger partial charge on any atom is -0.497 e. The monoisotopic (exact) mass is 390 g/mol. The number of rotatable bonds is 4. The first-order chi connectivity index (χ1) is 12.0. The van der Waals surface area contributed by atoms with Gasteiger partial charge in [0.1, 0.15) is 5.75 Å². The molecule has 25 heavy (non-hydrogen) atoms. The zero-order valence-electron chi connectivity index (χ0n) is 13.4. The van der Waals surface area contributed by atoms with Crippen LogP contribution in [0.3, 0.4) is 0 Å². The Morgan fingerprint density at radius 3 is 2.60 bits per heavy atom. The highest BCUT2D eigenvalue weighted by atomic mass is 32.2. The van der Waals surface area contributed by atoms with Crippen LogP contribution >= 0.6 is 35.3 Å². The van der Waals surface area contributed by atoms with Gasteiger partial charge in [0.2, 0.25) is 0 Å². The highest BCUT2D eigenvalue weighted by molar-refractivity contribution is 8.26. The maximum absolute atomic E-state index is 12.5. The SMILES string of the molecule is COc1ccc(C(=O)NN2C(=O)/C(=C\c3sccc3C)SC2=S)cc1. The summed E-state index contributed by atoms with van der Waals surface area (Å²) in [6.45, 7) is 1.98. The van der Waals surface area contributed by atoms with E-state index in [2.05, 4.69) is 5.43 Å². The van der Waals surface area contributed by atoms with E-state index >= 15 is 0 Å². The van der Waals surface area contributed by atoms with Gasteiger partial charge in [0.05, 0.1) is 12.0 Å². The lowest BCUT2D eigenvalue weighted by atomic mass is 10.2. The molecule has 0 bridgehead atoms. The zero-order valence-corrected chi connectivity index (χ0v) is 15.9. The van der Waals surface area contributed by atoms with Crippen LogP contribution in [0.15, 0.2) is 40.6 Å². The van der Waals surface area contributed by atoms with Crippen LogP contribution in [-0.2, 0) is 4.79 Å². The summed E-state index contributed by atoms with van der Waals surface area (Å²) in [4.78, 5) is 26.4. The summed E-state index contributed by atoms with van der Waals surface area (Å²) in [7, 11) is 1.55. The van der Waals surface area contributed by atoms with Crippen molar-refractivity contribution >= 4 is 57.5 Å². The molecule has 1 N–H and O–H groups in total. The highest BCUT2D eigenvalue weighted by Gasteiger charge is 2.34. The van der Waals surface area contributed by atoms with Crippen molar-refractivity contribution in [3.63, 3.8) is 0 Å². The lowest BCUT2D eigenvalue weighted by Crippen LogP contribution is -2.44. The van der Waals surface area contributed by atoms with Gasteiger partial charge in [-0.3, -0.25) is 15.0 Å². The van der Waals surface area contributed by atoms with E-state index in [-0.39, 0.29) is 5.91 Å². The Balaban J connectivity index is 1.75. The van der Waals surface area contributed by atoms with Crippen molar-refractivity contribution in [2.75, 3.05) is 7.11 Å². The van der Waals surface area contributed by atoms with Crippen molar-refractivity contribution in [2.45, 2.75) is 6.92 Å². The predicted octanol–water partition coefficient (Wildman–Crippen LogP) is 3.61. The second-order valence-electron chi connectivity index (χ2n) is 5.15. The summed E-state index contributed by atoms with van der Waals surface area (Å²) in [5.74, 6) is -0.0893. The van der Waals surface area contributed by atoms with Gasteiger partial charge >= 0.3 is 0 Å². The average molecular weight is 391 g/mol. The molecule has 8 heteroatoms. The van der Waals surface area contributed by atoms with Gasteiger partial charge in [-0.1, -0.05) is 11.8 Å². The Morgan fingerprint density at radius 2 is 2.00 bits per heavy atom. The van der Waals surface area contributed by atoms with E-state index in [1.165, 1.54) is 11.8 Å². The number of hydrogen-bond acceptors (Lipinski definition) is 6. The Morgan fingerprint density at radius 1 is 1.28 bits per heavy atom. The number of aryl methyl sites for hydroxylation is 1. The molecule has 2 amide bonds. The van der Waals surface area contributed by atoms with Crippen molar-refractivity contribution in [1.29, 1.82) is 0 Å². The minimum atomic E-state index is -0.410. The number of amides is 2. The van der Waals surface area contributed by atoms with Crippen LogP contribution in [0, 0.1) is 6.92 Å². The number of nitrogens with zero attached hydrogens (tertiary/aromatic N) is 1. The van der Waals surface area contributed by atoms with Crippen LogP contribution in [0.2, 0.25) is 0 Å². The molecule has 0 atom stereocenters. The number of nitrogens with one attached hydrogen (secondary N) is 1. The molecular formula is C17H14N2O3S3. The van der Waals surface area contributed by atoms with Gasteiger partial charge in [-0.25, -0.2) is 0 Å². The fourth-order valence-electron chi connectivity index (χ4n) is 2.12. The molecule has 128 valence electrons. The number of hydrogen-bond donors (Lipinski definition) is 1. The molecule has 2 heterocycles. The number of thiophene rings is 1. The molecule has 1 fully saturated rings. The fourth-order valence-corrected chi connectivity index (χ4v) is 4.22. The molecule has 0 unspecified atom stereocenters. The van der Waals surface area contributed by atoms with Crippen LogP contribution in [-0.4, -0.2) is 28.3 Å². The van der Waals surface area contributed by atoms with E-state index in [4.69, 9.17) is 17.0 Å². The highest BCUT2D eigenvalue weighted by Crippen LogP contribution is 2.33. The molecule has 0 spiro atoms. The van der Waals surface area contributed by atoms with E-state index in [0.717, 1.165) is 15.4 Å². The summed E-state index contributed by atoms with van der Waals surface area (Å²) < 4.78 is 5.36. The number of benzene rings is 1. The summed E-state index contributed by atoms with van der Waals surface area (Å²) in [6.07, 6.45) is 1.80. The summed E-state index contributed by atoms with van der Waals surface area (Å²) in [6, 6.07) is 8.59. The van der Waals surface area contributed by atoms with E-state index in [1.807, 2.05) is 18.4 Å². The summed E-state index contributed by atoms with van der Waals surface area (Å²) >= 11 is 7.95. The van der Waals surface area contributed by atoms with Gasteiger partial charge < -0.3 is 4.74 Å². The first-order valence-corrected chi connectivity index (χ1v) is 9.37. The van der Waals surface area contributed by atoms with Crippen molar-refractivity contribution in [2.24, 2.45) is 0 Å². The number of hydrazine groups is 1. The Labute approximate surface area is 158 Å². The van der Waals surface area contributed by atoms with Gasteiger partial charge in [-0.15, -0.1) is 11.3 Å². The second kappa shape index (κ2) is 7.38. The number of carbonyl (C=O) groups is 2. The molecule has 5 nitrogen and oxygen atoms in total. The third-order valence-corrected chi connectivity index (χ3v) is 5.79. The number of carbonyl (C=O) groups excluding carboxylic acids is 2. The van der Waals surface area contributed by atoms with Crippen LogP contribution < -0.4 is 10.2 Å². The van der Waals surface area contributed by atoms with E-state index in [0.29, 0.717) is 20.5 Å². The number of thioether (sulfide) groups is 1. The normalized spacial score (nSPS) is 15.8. The van der Waals surface area contributed by atoms with E-state index in [9.17, 15) is 9.59 Å². The largest absolute Gasteiger partial charge is 0.497 e. The standard InChI is InChI=1S/C17H14N2O3S3/c1-10-7-8-24-13(10)9-14-16(21)19(17(23)25-14)18-15(20)11-3-5-12(22-2)6-4-11/h3-9H,1-2H3,(H,18,20)/b14-9+. The molecule has 0 aliphatic carbocycles. The van der Waals surface area contributed by atoms with Gasteiger partial charge in [0.25, 0.3) is 11.8 Å². The van der Waals surface area contributed by atoms with Crippen molar-refractivity contribution in [3.8, 4) is 5.75 Å². The Kier molecular flexibility index (Phi) is 5.22. The van der Waals surface area contributed by atoms with Gasteiger partial charge in [0.15, 0.2) is 4.32 Å². The zero-order chi connectivity index (χ0) is 18.0. The lowest BCUT2D eigenvalue weighted by molar-refractivity contribution is -0.123. The van der Waals surface area contributed by atoms with Crippen molar-refractivity contribution < 1.29 is 14.3 Å². The van der Waals surface area contributed by atoms with Crippen molar-refractivity contribution in [3.05, 3.63) is 56.6 Å². The van der Waals surface area contributed by atoms with Crippen LogP contribution in [0.25, 0.3) is 6.08 Å². The van der Waals surface area contributed by atoms with Crippen LogP contribution in [0.5, 0.6) is 5.75 Å². The van der Waals surface area contributed by atoms with E-state index in [1.54, 1.807) is 48.8 Å². The maximum atomic E-state index is 12.5. The lowest BCUT2D eigenvalue weighted by Gasteiger charge is -2.15. The quantitative estimate of drug-likeness (QED) is 0.638. The first-order valence-electron chi connectivity index (χ1n) is 7.26. The van der Waals surface area contributed by atoms with Gasteiger partial charge in [-0.05, 0) is 66.5 Å². The molecule has 1 aliphatic rings. The Bertz CT molecular complexity index is 872. The van der Waals surface area contributed by atoms with Gasteiger partial charge in [0, 0.05) is 10.4 Å². The van der Waals surface area contributed by atoms with Gasteiger partial charge in [-0.2, -0.15) is 5.01 Å². The second-order valence-corrected chi connectivity index (χ2v) is 7.78. The third kappa shape index (κ3) is 3.76. The fraction of sp³-hybridized carbons (Fsp3) is 0.118.